The van der Waals surface area contributed by atoms with Gasteiger partial charge in [0.15, 0.2) is 0 Å². The topological polar surface area (TPSA) is 73.8 Å². The normalized spacial score (nSPS) is 25.0. The Morgan fingerprint density at radius 2 is 2.14 bits per heavy atom. The molecule has 1 aromatic heterocycles. The second-order valence-corrected chi connectivity index (χ2v) is 5.60. The van der Waals surface area contributed by atoms with Crippen molar-refractivity contribution in [2.45, 2.75) is 25.4 Å². The van der Waals surface area contributed by atoms with E-state index in [9.17, 15) is 4.79 Å². The smallest absolute Gasteiger partial charge is 0.278 e. The van der Waals surface area contributed by atoms with Gasteiger partial charge in [-0.1, -0.05) is 0 Å². The maximum Gasteiger partial charge on any atom is 0.278 e. The van der Waals surface area contributed by atoms with E-state index in [-0.39, 0.29) is 17.9 Å². The summed E-state index contributed by atoms with van der Waals surface area (Å²) in [6, 6.07) is 0. The molecule has 0 saturated carbocycles. The van der Waals surface area contributed by atoms with Gasteiger partial charge in [-0.05, 0) is 19.3 Å². The summed E-state index contributed by atoms with van der Waals surface area (Å²) in [6.07, 6.45) is 5.68. The Bertz CT molecular complexity index is 519. The van der Waals surface area contributed by atoms with Gasteiger partial charge >= 0.3 is 0 Å². The van der Waals surface area contributed by atoms with Crippen molar-refractivity contribution in [1.29, 1.82) is 0 Å². The van der Waals surface area contributed by atoms with Gasteiger partial charge < -0.3 is 19.1 Å². The number of rotatable bonds is 4. The van der Waals surface area contributed by atoms with Gasteiger partial charge in [-0.2, -0.15) is 0 Å². The lowest BCUT2D eigenvalue weighted by Gasteiger charge is -2.34. The molecule has 2 atom stereocenters. The largest absolute Gasteiger partial charge is 0.477 e. The average Bonchev–Trinajstić information content (AvgIpc) is 3.09. The van der Waals surface area contributed by atoms with Crippen molar-refractivity contribution in [3.63, 3.8) is 0 Å². The van der Waals surface area contributed by atoms with Gasteiger partial charge in [0.05, 0.1) is 26.2 Å². The Labute approximate surface area is 129 Å². The number of methoxy groups -OCH3 is 1. The van der Waals surface area contributed by atoms with Crippen molar-refractivity contribution in [1.82, 2.24) is 14.9 Å². The van der Waals surface area contributed by atoms with Crippen LogP contribution in [-0.4, -0.2) is 60.3 Å². The molecule has 7 nitrogen and oxygen atoms in total. The zero-order chi connectivity index (χ0) is 15.4. The minimum atomic E-state index is -0.0781. The van der Waals surface area contributed by atoms with Gasteiger partial charge in [-0.25, -0.2) is 9.97 Å². The molecule has 3 heterocycles. The van der Waals surface area contributed by atoms with Gasteiger partial charge in [0.1, 0.15) is 6.10 Å². The fourth-order valence-corrected chi connectivity index (χ4v) is 2.91. The number of hydrogen-bond donors (Lipinski definition) is 0. The first-order valence-corrected chi connectivity index (χ1v) is 7.66. The molecule has 2 saturated heterocycles. The standard InChI is InChI=1S/C15H21N3O4/c1-20-13-14(17-6-5-16-13)22-12-3-2-7-18(9-12)15(19)11-4-8-21-10-11/h5-6,11-12H,2-4,7-10H2,1H3/t11-,12+/m1/s1. The first kappa shape index (κ1) is 15.0. The average molecular weight is 307 g/mol. The van der Waals surface area contributed by atoms with Crippen molar-refractivity contribution in [3.05, 3.63) is 12.4 Å². The quantitative estimate of drug-likeness (QED) is 0.822. The minimum absolute atomic E-state index is 0.00445. The second kappa shape index (κ2) is 6.91. The minimum Gasteiger partial charge on any atom is -0.477 e. The molecule has 3 rings (SSSR count). The van der Waals surface area contributed by atoms with Crippen LogP contribution in [0.25, 0.3) is 0 Å². The Morgan fingerprint density at radius 1 is 1.32 bits per heavy atom. The van der Waals surface area contributed by atoms with E-state index in [0.717, 1.165) is 25.8 Å². The highest BCUT2D eigenvalue weighted by atomic mass is 16.5. The summed E-state index contributed by atoms with van der Waals surface area (Å²) in [5.74, 6) is 0.936. The van der Waals surface area contributed by atoms with Crippen LogP contribution < -0.4 is 9.47 Å². The molecular formula is C15H21N3O4. The van der Waals surface area contributed by atoms with Crippen molar-refractivity contribution < 1.29 is 19.0 Å². The summed E-state index contributed by atoms with van der Waals surface area (Å²) >= 11 is 0. The zero-order valence-electron chi connectivity index (χ0n) is 12.7. The van der Waals surface area contributed by atoms with E-state index in [1.807, 2.05) is 4.90 Å². The van der Waals surface area contributed by atoms with Gasteiger partial charge in [-0.15, -0.1) is 0 Å². The number of nitrogens with zero attached hydrogens (tertiary/aromatic N) is 3. The molecular weight excluding hydrogens is 286 g/mol. The SMILES string of the molecule is COc1nccnc1O[C@H]1CCCN(C(=O)[C@@H]2CCOC2)C1. The molecule has 2 aliphatic heterocycles. The van der Waals surface area contributed by atoms with Crippen LogP contribution in [0.15, 0.2) is 12.4 Å². The van der Waals surface area contributed by atoms with Gasteiger partial charge in [0.25, 0.3) is 11.8 Å². The molecule has 22 heavy (non-hydrogen) atoms. The number of piperidine rings is 1. The van der Waals surface area contributed by atoms with E-state index >= 15 is 0 Å². The van der Waals surface area contributed by atoms with Crippen LogP contribution in [0.4, 0.5) is 0 Å². The lowest BCUT2D eigenvalue weighted by Crippen LogP contribution is -2.46. The highest BCUT2D eigenvalue weighted by Crippen LogP contribution is 2.25. The molecule has 0 aromatic carbocycles. The van der Waals surface area contributed by atoms with Crippen LogP contribution in [0.5, 0.6) is 11.8 Å². The van der Waals surface area contributed by atoms with E-state index in [0.29, 0.717) is 31.5 Å². The van der Waals surface area contributed by atoms with Crippen LogP contribution in [0, 0.1) is 5.92 Å². The first-order chi connectivity index (χ1) is 10.8. The molecule has 1 aromatic rings. The number of aromatic nitrogens is 2. The predicted molar refractivity (Wildman–Crippen MR) is 77.7 cm³/mol. The number of amides is 1. The number of carbonyl (C=O) groups excluding carboxylic acids is 1. The van der Waals surface area contributed by atoms with Crippen LogP contribution >= 0.6 is 0 Å². The lowest BCUT2D eigenvalue weighted by atomic mass is 10.0. The van der Waals surface area contributed by atoms with Crippen molar-refractivity contribution >= 4 is 5.91 Å². The lowest BCUT2D eigenvalue weighted by molar-refractivity contribution is -0.138. The molecule has 120 valence electrons. The Kier molecular flexibility index (Phi) is 4.72. The van der Waals surface area contributed by atoms with Crippen molar-refractivity contribution in [2.75, 3.05) is 33.4 Å². The predicted octanol–water partition coefficient (Wildman–Crippen LogP) is 0.891. The Hall–Kier alpha value is -1.89. The highest BCUT2D eigenvalue weighted by molar-refractivity contribution is 5.79. The number of hydrogen-bond acceptors (Lipinski definition) is 6. The molecule has 0 unspecified atom stereocenters. The zero-order valence-corrected chi connectivity index (χ0v) is 12.7. The monoisotopic (exact) mass is 307 g/mol. The molecule has 0 bridgehead atoms. The van der Waals surface area contributed by atoms with Gasteiger partial charge in [-0.3, -0.25) is 4.79 Å². The molecule has 0 N–H and O–H groups in total. The second-order valence-electron chi connectivity index (χ2n) is 5.60. The van der Waals surface area contributed by atoms with E-state index in [4.69, 9.17) is 14.2 Å². The van der Waals surface area contributed by atoms with Crippen LogP contribution in [0.2, 0.25) is 0 Å². The maximum absolute atomic E-state index is 12.5. The number of ether oxygens (including phenoxy) is 3. The summed E-state index contributed by atoms with van der Waals surface area (Å²) in [5, 5.41) is 0. The number of carbonyl (C=O) groups is 1. The summed E-state index contributed by atoms with van der Waals surface area (Å²) in [5.41, 5.74) is 0. The van der Waals surface area contributed by atoms with Gasteiger partial charge in [0.2, 0.25) is 5.91 Å². The molecule has 0 spiro atoms. The molecule has 0 radical (unpaired) electrons. The molecule has 0 aliphatic carbocycles. The van der Waals surface area contributed by atoms with Crippen LogP contribution in [0.3, 0.4) is 0 Å². The van der Waals surface area contributed by atoms with Crippen molar-refractivity contribution in [2.24, 2.45) is 5.92 Å². The third-order valence-corrected chi connectivity index (χ3v) is 4.07. The molecule has 1 amide bonds. The fourth-order valence-electron chi connectivity index (χ4n) is 2.91. The summed E-state index contributed by atoms with van der Waals surface area (Å²) < 4.78 is 16.4. The van der Waals surface area contributed by atoms with E-state index in [1.165, 1.54) is 7.11 Å². The van der Waals surface area contributed by atoms with Crippen LogP contribution in [-0.2, 0) is 9.53 Å². The maximum atomic E-state index is 12.5. The summed E-state index contributed by atoms with van der Waals surface area (Å²) in [6.45, 7) is 2.58. The molecule has 2 fully saturated rings. The first-order valence-electron chi connectivity index (χ1n) is 7.66. The third kappa shape index (κ3) is 3.30. The fraction of sp³-hybridized carbons (Fsp3) is 0.667. The molecule has 7 heteroatoms. The Morgan fingerprint density at radius 3 is 2.86 bits per heavy atom. The summed E-state index contributed by atoms with van der Waals surface area (Å²) in [7, 11) is 1.54. The Balaban J connectivity index is 1.61. The number of likely N-dealkylation sites (tertiary alicyclic amines) is 1. The van der Waals surface area contributed by atoms with E-state index in [1.54, 1.807) is 12.4 Å². The van der Waals surface area contributed by atoms with E-state index < -0.39 is 0 Å². The summed E-state index contributed by atoms with van der Waals surface area (Å²) in [4.78, 5) is 22.6. The highest BCUT2D eigenvalue weighted by Gasteiger charge is 2.32. The van der Waals surface area contributed by atoms with Gasteiger partial charge in [0, 0.05) is 25.5 Å². The molecule has 2 aliphatic rings. The van der Waals surface area contributed by atoms with Crippen molar-refractivity contribution in [3.8, 4) is 11.8 Å². The van der Waals surface area contributed by atoms with E-state index in [2.05, 4.69) is 9.97 Å². The third-order valence-electron chi connectivity index (χ3n) is 4.07. The van der Waals surface area contributed by atoms with Crippen LogP contribution in [0.1, 0.15) is 19.3 Å².